The van der Waals surface area contributed by atoms with Crippen molar-refractivity contribution in [2.24, 2.45) is 0 Å². The molecular weight excluding hydrogens is 170 g/mol. The van der Waals surface area contributed by atoms with Gasteiger partial charge in [-0.15, -0.1) is 0 Å². The average Bonchev–Trinajstić information content (AvgIpc) is 2.09. The van der Waals surface area contributed by atoms with E-state index in [0.29, 0.717) is 26.2 Å². The Balaban J connectivity index is 3.39. The molecule has 1 atom stereocenters. The Morgan fingerprint density at radius 1 is 1.23 bits per heavy atom. The van der Waals surface area contributed by atoms with Gasteiger partial charge in [0, 0.05) is 40.3 Å². The summed E-state index contributed by atoms with van der Waals surface area (Å²) in [6.45, 7) is 4.38. The van der Waals surface area contributed by atoms with Crippen molar-refractivity contribution in [1.29, 1.82) is 0 Å². The van der Waals surface area contributed by atoms with Crippen LogP contribution in [0.25, 0.3) is 0 Å². The van der Waals surface area contributed by atoms with E-state index in [-0.39, 0.29) is 0 Å². The Bertz CT molecular complexity index is 117. The Kier molecular flexibility index (Phi) is 7.17. The molecule has 0 bridgehead atoms. The lowest BCUT2D eigenvalue weighted by Crippen LogP contribution is -2.39. The molecule has 13 heavy (non-hydrogen) atoms. The third-order valence-electron chi connectivity index (χ3n) is 1.83. The molecule has 4 heteroatoms. The molecule has 2 N–H and O–H groups in total. The van der Waals surface area contributed by atoms with Gasteiger partial charge in [0.05, 0.1) is 12.2 Å². The minimum Gasteiger partial charge on any atom is -0.389 e. The van der Waals surface area contributed by atoms with Crippen LogP contribution >= 0.6 is 0 Å². The summed E-state index contributed by atoms with van der Waals surface area (Å²) in [6, 6.07) is 0. The van der Waals surface area contributed by atoms with Gasteiger partial charge in [-0.2, -0.15) is 0 Å². The highest BCUT2D eigenvalue weighted by atomic mass is 16.5. The number of methoxy groups -OCH3 is 2. The smallest absolute Gasteiger partial charge is 0.0765 e. The molecule has 0 heterocycles. The van der Waals surface area contributed by atoms with E-state index in [9.17, 15) is 5.11 Å². The van der Waals surface area contributed by atoms with Gasteiger partial charge in [0.25, 0.3) is 0 Å². The lowest BCUT2D eigenvalue weighted by molar-refractivity contribution is 0.0239. The van der Waals surface area contributed by atoms with Crippen LogP contribution in [0, 0.1) is 0 Å². The van der Waals surface area contributed by atoms with Gasteiger partial charge in [0.1, 0.15) is 0 Å². The van der Waals surface area contributed by atoms with Gasteiger partial charge in [0.2, 0.25) is 0 Å². The maximum atomic E-state index is 9.76. The zero-order chi connectivity index (χ0) is 10.2. The molecule has 0 rings (SSSR count). The highest BCUT2D eigenvalue weighted by molar-refractivity contribution is 4.74. The first-order chi connectivity index (χ1) is 6.12. The highest BCUT2D eigenvalue weighted by Gasteiger charge is 2.18. The van der Waals surface area contributed by atoms with Crippen molar-refractivity contribution < 1.29 is 14.6 Å². The van der Waals surface area contributed by atoms with Crippen LogP contribution in [0.1, 0.15) is 13.3 Å². The first-order valence-corrected chi connectivity index (χ1v) is 4.53. The zero-order valence-corrected chi connectivity index (χ0v) is 8.80. The van der Waals surface area contributed by atoms with Crippen LogP contribution in [0.5, 0.6) is 0 Å². The monoisotopic (exact) mass is 191 g/mol. The minimum atomic E-state index is -0.691. The maximum absolute atomic E-state index is 9.76. The normalized spacial score (nSPS) is 15.7. The van der Waals surface area contributed by atoms with Crippen molar-refractivity contribution >= 4 is 0 Å². The lowest BCUT2D eigenvalue weighted by atomic mass is 10.0. The van der Waals surface area contributed by atoms with Gasteiger partial charge >= 0.3 is 0 Å². The largest absolute Gasteiger partial charge is 0.389 e. The fourth-order valence-electron chi connectivity index (χ4n) is 0.942. The number of hydrogen-bond acceptors (Lipinski definition) is 4. The second-order valence-electron chi connectivity index (χ2n) is 3.41. The summed E-state index contributed by atoms with van der Waals surface area (Å²) in [5, 5.41) is 12.9. The van der Waals surface area contributed by atoms with Gasteiger partial charge in [0.15, 0.2) is 0 Å². The van der Waals surface area contributed by atoms with E-state index in [1.807, 2.05) is 0 Å². The molecule has 1 unspecified atom stereocenters. The highest BCUT2D eigenvalue weighted by Crippen LogP contribution is 2.06. The maximum Gasteiger partial charge on any atom is 0.0765 e. The van der Waals surface area contributed by atoms with Gasteiger partial charge in [-0.05, 0) is 6.92 Å². The molecule has 4 nitrogen and oxygen atoms in total. The van der Waals surface area contributed by atoms with Crippen molar-refractivity contribution in [3.05, 3.63) is 0 Å². The van der Waals surface area contributed by atoms with Crippen molar-refractivity contribution in [2.75, 3.05) is 40.5 Å². The fourth-order valence-corrected chi connectivity index (χ4v) is 0.942. The molecular formula is C9H21NO3. The SMILES string of the molecule is COCCNCC(C)(O)CCOC. The third kappa shape index (κ3) is 8.18. The molecule has 0 aromatic carbocycles. The summed E-state index contributed by atoms with van der Waals surface area (Å²) in [6.07, 6.45) is 0.642. The molecule has 0 saturated carbocycles. The number of nitrogens with one attached hydrogen (secondary N) is 1. The van der Waals surface area contributed by atoms with E-state index in [4.69, 9.17) is 9.47 Å². The van der Waals surface area contributed by atoms with Gasteiger partial charge in [-0.1, -0.05) is 0 Å². The molecule has 0 spiro atoms. The summed E-state index contributed by atoms with van der Waals surface area (Å²) < 4.78 is 9.76. The second kappa shape index (κ2) is 7.26. The van der Waals surface area contributed by atoms with Crippen LogP contribution in [0.2, 0.25) is 0 Å². The van der Waals surface area contributed by atoms with E-state index in [1.54, 1.807) is 21.1 Å². The van der Waals surface area contributed by atoms with Crippen molar-refractivity contribution in [1.82, 2.24) is 5.32 Å². The van der Waals surface area contributed by atoms with Crippen LogP contribution in [0.4, 0.5) is 0 Å². The summed E-state index contributed by atoms with van der Waals surface area (Å²) in [7, 11) is 3.29. The molecule has 0 radical (unpaired) electrons. The summed E-state index contributed by atoms with van der Waals surface area (Å²) in [4.78, 5) is 0. The van der Waals surface area contributed by atoms with Gasteiger partial charge in [-0.3, -0.25) is 0 Å². The third-order valence-corrected chi connectivity index (χ3v) is 1.83. The van der Waals surface area contributed by atoms with Crippen molar-refractivity contribution in [3.63, 3.8) is 0 Å². The van der Waals surface area contributed by atoms with E-state index in [2.05, 4.69) is 5.32 Å². The van der Waals surface area contributed by atoms with Crippen LogP contribution in [0.15, 0.2) is 0 Å². The Morgan fingerprint density at radius 2 is 1.85 bits per heavy atom. The molecule has 0 amide bonds. The Hall–Kier alpha value is -0.160. The van der Waals surface area contributed by atoms with E-state index >= 15 is 0 Å². The molecule has 0 aliphatic carbocycles. The van der Waals surface area contributed by atoms with Gasteiger partial charge in [-0.25, -0.2) is 0 Å². The van der Waals surface area contributed by atoms with Crippen LogP contribution in [0.3, 0.4) is 0 Å². The number of aliphatic hydroxyl groups is 1. The summed E-state index contributed by atoms with van der Waals surface area (Å²) in [5.41, 5.74) is -0.691. The Labute approximate surface area is 80.2 Å². The quantitative estimate of drug-likeness (QED) is 0.531. The molecule has 0 aromatic heterocycles. The molecule has 0 fully saturated rings. The van der Waals surface area contributed by atoms with E-state index in [1.165, 1.54) is 0 Å². The molecule has 80 valence electrons. The molecule has 0 aromatic rings. The van der Waals surface area contributed by atoms with E-state index in [0.717, 1.165) is 6.54 Å². The van der Waals surface area contributed by atoms with Crippen molar-refractivity contribution in [2.45, 2.75) is 18.9 Å². The number of hydrogen-bond donors (Lipinski definition) is 2. The minimum absolute atomic E-state index is 0.569. The summed E-state index contributed by atoms with van der Waals surface area (Å²) in [5.74, 6) is 0. The molecule has 0 saturated heterocycles. The number of rotatable bonds is 8. The summed E-state index contributed by atoms with van der Waals surface area (Å²) >= 11 is 0. The molecule has 0 aliphatic rings. The zero-order valence-electron chi connectivity index (χ0n) is 8.80. The van der Waals surface area contributed by atoms with Crippen LogP contribution in [-0.2, 0) is 9.47 Å². The van der Waals surface area contributed by atoms with Gasteiger partial charge < -0.3 is 19.9 Å². The predicted molar refractivity (Wildman–Crippen MR) is 51.9 cm³/mol. The Morgan fingerprint density at radius 3 is 2.38 bits per heavy atom. The second-order valence-corrected chi connectivity index (χ2v) is 3.41. The first-order valence-electron chi connectivity index (χ1n) is 4.53. The van der Waals surface area contributed by atoms with Crippen LogP contribution < -0.4 is 5.32 Å². The van der Waals surface area contributed by atoms with Crippen LogP contribution in [-0.4, -0.2) is 51.2 Å². The predicted octanol–water partition coefficient (Wildman–Crippen LogP) is 0.00990. The molecule has 0 aliphatic heterocycles. The van der Waals surface area contributed by atoms with E-state index < -0.39 is 5.60 Å². The fraction of sp³-hybridized carbons (Fsp3) is 1.00. The standard InChI is InChI=1S/C9H21NO3/c1-9(11,4-6-12-2)8-10-5-7-13-3/h10-11H,4-8H2,1-3H3. The van der Waals surface area contributed by atoms with Crippen molar-refractivity contribution in [3.8, 4) is 0 Å². The first kappa shape index (κ1) is 12.8. The lowest BCUT2D eigenvalue weighted by Gasteiger charge is -2.23. The average molecular weight is 191 g/mol. The topological polar surface area (TPSA) is 50.7 Å². The number of ether oxygens (including phenoxy) is 2.